The third-order valence-corrected chi connectivity index (χ3v) is 6.20. The molecule has 1 heterocycles. The number of hydrogen-bond acceptors (Lipinski definition) is 7. The molecular weight excluding hydrogens is 365 g/mol. The van der Waals surface area contributed by atoms with Crippen molar-refractivity contribution in [2.75, 3.05) is 12.8 Å². The summed E-state index contributed by atoms with van der Waals surface area (Å²) < 4.78 is 52.8. The molecule has 0 N–H and O–H groups in total. The van der Waals surface area contributed by atoms with Crippen LogP contribution in [-0.2, 0) is 32.7 Å². The van der Waals surface area contributed by atoms with Crippen LogP contribution in [0.5, 0.6) is 0 Å². The first-order valence-corrected chi connectivity index (χ1v) is 10.9. The highest BCUT2D eigenvalue weighted by Crippen LogP contribution is 2.57. The fraction of sp³-hybridized carbons (Fsp3) is 0.917. The lowest BCUT2D eigenvalue weighted by atomic mass is 10.2. The topological polar surface area (TPSA) is 99.2 Å². The Morgan fingerprint density at radius 1 is 1.22 bits per heavy atom. The molecule has 1 saturated heterocycles. The van der Waals surface area contributed by atoms with Gasteiger partial charge in [-0.15, -0.1) is 12.6 Å². The van der Waals surface area contributed by atoms with Gasteiger partial charge in [0.25, 0.3) is 10.1 Å². The predicted octanol–water partition coefficient (Wildman–Crippen LogP) is 1.82. The van der Waals surface area contributed by atoms with Gasteiger partial charge in [0.15, 0.2) is 0 Å². The van der Waals surface area contributed by atoms with Crippen molar-refractivity contribution in [2.24, 2.45) is 0 Å². The second-order valence-corrected chi connectivity index (χ2v) is 9.83. The van der Waals surface area contributed by atoms with E-state index >= 15 is 0 Å². The molecule has 23 heavy (non-hydrogen) atoms. The molecule has 1 aliphatic heterocycles. The van der Waals surface area contributed by atoms with E-state index in [9.17, 15) is 17.8 Å². The van der Waals surface area contributed by atoms with Gasteiger partial charge in [-0.2, -0.15) is 13.1 Å². The van der Waals surface area contributed by atoms with Crippen LogP contribution in [0, 0.1) is 0 Å². The first-order chi connectivity index (χ1) is 10.3. The summed E-state index contributed by atoms with van der Waals surface area (Å²) in [6.45, 7) is 6.69. The van der Waals surface area contributed by atoms with Crippen molar-refractivity contribution in [3.63, 3.8) is 0 Å². The molecule has 0 aromatic heterocycles. The second kappa shape index (κ2) is 7.95. The van der Waals surface area contributed by atoms with Crippen LogP contribution < -0.4 is 0 Å². The minimum absolute atomic E-state index is 0.0440. The van der Waals surface area contributed by atoms with E-state index < -0.39 is 47.3 Å². The molecule has 0 bridgehead atoms. The normalized spacial score (nSPS) is 23.8. The van der Waals surface area contributed by atoms with Crippen LogP contribution in [0.2, 0.25) is 0 Å². The van der Waals surface area contributed by atoms with Crippen LogP contribution in [0.4, 0.5) is 0 Å². The molecule has 0 aliphatic carbocycles. The smallest absolute Gasteiger partial charge is 0.294 e. The molecule has 0 aromatic rings. The number of carbonyl (C=O) groups excluding carboxylic acids is 1. The van der Waals surface area contributed by atoms with E-state index in [1.807, 2.05) is 0 Å². The summed E-state index contributed by atoms with van der Waals surface area (Å²) in [6, 6.07) is -0.909. The van der Waals surface area contributed by atoms with Gasteiger partial charge in [0.05, 0.1) is 30.6 Å². The quantitative estimate of drug-likeness (QED) is 0.381. The molecule has 136 valence electrons. The van der Waals surface area contributed by atoms with Crippen LogP contribution in [-0.4, -0.2) is 55.4 Å². The fourth-order valence-electron chi connectivity index (χ4n) is 2.28. The largest absolute Gasteiger partial charge is 0.409 e. The Hall–Kier alpha value is 0.0400. The minimum Gasteiger partial charge on any atom is -0.294 e. The lowest BCUT2D eigenvalue weighted by Gasteiger charge is -2.32. The van der Waals surface area contributed by atoms with Gasteiger partial charge in [-0.3, -0.25) is 18.0 Å². The van der Waals surface area contributed by atoms with Gasteiger partial charge in [0.1, 0.15) is 0 Å². The van der Waals surface area contributed by atoms with Gasteiger partial charge < -0.3 is 0 Å². The Kier molecular flexibility index (Phi) is 7.28. The van der Waals surface area contributed by atoms with Gasteiger partial charge >= 0.3 is 7.75 Å². The maximum Gasteiger partial charge on any atom is 0.409 e. The molecule has 1 fully saturated rings. The number of thiol groups is 1. The summed E-state index contributed by atoms with van der Waals surface area (Å²) in [5.74, 6) is 0. The number of carbonyl (C=O) groups is 1. The second-order valence-electron chi connectivity index (χ2n) is 5.91. The molecule has 0 spiro atoms. The van der Waals surface area contributed by atoms with Crippen LogP contribution in [0.15, 0.2) is 0 Å². The molecule has 1 rings (SSSR count). The number of hydrogen-bond donors (Lipinski definition) is 1. The Bertz CT molecular complexity index is 564. The molecule has 2 atom stereocenters. The highest BCUT2D eigenvalue weighted by molar-refractivity contribution is 7.96. The van der Waals surface area contributed by atoms with Crippen molar-refractivity contribution >= 4 is 35.6 Å². The van der Waals surface area contributed by atoms with Gasteiger partial charge in [-0.25, -0.2) is 4.57 Å². The molecule has 0 aromatic carbocycles. The maximum absolute atomic E-state index is 13.2. The summed E-state index contributed by atoms with van der Waals surface area (Å²) in [7, 11) is -7.51. The average Bonchev–Trinajstić information content (AvgIpc) is 2.68. The number of rotatable bonds is 8. The maximum atomic E-state index is 13.2. The Balaban J connectivity index is 3.11. The first kappa shape index (κ1) is 21.1. The highest BCUT2D eigenvalue weighted by atomic mass is 32.2. The van der Waals surface area contributed by atoms with Crippen LogP contribution in [0.1, 0.15) is 34.1 Å². The van der Waals surface area contributed by atoms with Crippen molar-refractivity contribution in [1.82, 2.24) is 4.67 Å². The van der Waals surface area contributed by atoms with E-state index in [4.69, 9.17) is 13.2 Å². The minimum atomic E-state index is -3.80. The van der Waals surface area contributed by atoms with E-state index in [1.165, 1.54) is 4.67 Å². The van der Waals surface area contributed by atoms with Crippen molar-refractivity contribution in [2.45, 2.75) is 58.5 Å². The molecule has 0 amide bonds. The Morgan fingerprint density at radius 2 is 1.70 bits per heavy atom. The SMILES string of the molecule is CC(C)OP(=O)(OC(C)C)N1C[C@H](OS(C)(=O)=O)C[C@H]1C(=O)S. The van der Waals surface area contributed by atoms with Crippen molar-refractivity contribution in [1.29, 1.82) is 0 Å². The monoisotopic (exact) mass is 389 g/mol. The van der Waals surface area contributed by atoms with Crippen molar-refractivity contribution in [3.8, 4) is 0 Å². The lowest BCUT2D eigenvalue weighted by Crippen LogP contribution is -2.34. The van der Waals surface area contributed by atoms with E-state index in [0.717, 1.165) is 6.26 Å². The van der Waals surface area contributed by atoms with Crippen molar-refractivity contribution < 1.29 is 31.0 Å². The summed E-state index contributed by atoms with van der Waals surface area (Å²) in [4.78, 5) is 11.8. The van der Waals surface area contributed by atoms with Crippen LogP contribution in [0.25, 0.3) is 0 Å². The Morgan fingerprint density at radius 3 is 2.04 bits per heavy atom. The van der Waals surface area contributed by atoms with E-state index in [2.05, 4.69) is 12.6 Å². The third kappa shape index (κ3) is 6.45. The molecule has 0 saturated carbocycles. The molecule has 1 aliphatic rings. The summed E-state index contributed by atoms with van der Waals surface area (Å²) in [6.07, 6.45) is -0.675. The van der Waals surface area contributed by atoms with Gasteiger partial charge in [-0.1, -0.05) is 0 Å². The van der Waals surface area contributed by atoms with Crippen molar-refractivity contribution in [3.05, 3.63) is 0 Å². The molecule has 11 heteroatoms. The van der Waals surface area contributed by atoms with E-state index in [-0.39, 0.29) is 13.0 Å². The fourth-order valence-corrected chi connectivity index (χ4v) is 5.53. The molecule has 0 unspecified atom stereocenters. The zero-order chi connectivity index (χ0) is 18.0. The van der Waals surface area contributed by atoms with Gasteiger partial charge in [0, 0.05) is 13.0 Å². The lowest BCUT2D eigenvalue weighted by molar-refractivity contribution is -0.114. The van der Waals surface area contributed by atoms with E-state index in [1.54, 1.807) is 27.7 Å². The predicted molar refractivity (Wildman–Crippen MR) is 88.9 cm³/mol. The standard InChI is InChI=1S/C12H24NO7PS2/c1-8(2)18-21(15,19-9(3)4)13-7-10(20-23(5,16)17)6-11(13)12(14)22/h8-11H,6-7H2,1-5H3,(H,14,22)/t10-,11+/m1/s1. The zero-order valence-corrected chi connectivity index (χ0v) is 16.4. The summed E-state index contributed by atoms with van der Waals surface area (Å²) >= 11 is 3.80. The average molecular weight is 389 g/mol. The highest BCUT2D eigenvalue weighted by Gasteiger charge is 2.49. The number of nitrogens with zero attached hydrogens (tertiary/aromatic N) is 1. The van der Waals surface area contributed by atoms with E-state index in [0.29, 0.717) is 0 Å². The summed E-state index contributed by atoms with van der Waals surface area (Å²) in [5.41, 5.74) is 0. The van der Waals surface area contributed by atoms with Crippen LogP contribution >= 0.6 is 20.4 Å². The van der Waals surface area contributed by atoms with Gasteiger partial charge in [0.2, 0.25) is 5.12 Å². The Labute approximate surface area is 143 Å². The molecular formula is C12H24NO7PS2. The molecule has 0 radical (unpaired) electrons. The third-order valence-electron chi connectivity index (χ3n) is 2.84. The summed E-state index contributed by atoms with van der Waals surface area (Å²) in [5, 5.41) is -0.551. The van der Waals surface area contributed by atoms with Gasteiger partial charge in [-0.05, 0) is 27.7 Å². The zero-order valence-electron chi connectivity index (χ0n) is 13.8. The first-order valence-electron chi connectivity index (χ1n) is 7.19. The van der Waals surface area contributed by atoms with Crippen LogP contribution in [0.3, 0.4) is 0 Å². The molecule has 8 nitrogen and oxygen atoms in total.